The van der Waals surface area contributed by atoms with Crippen LogP contribution in [0, 0.1) is 0 Å². The molecule has 1 aliphatic heterocycles. The lowest BCUT2D eigenvalue weighted by Gasteiger charge is -2.26. The number of fused-ring (bicyclic) bond motifs is 1. The van der Waals surface area contributed by atoms with Gasteiger partial charge in [0.1, 0.15) is 5.76 Å². The molecule has 1 fully saturated rings. The monoisotopic (exact) mass is 446 g/mol. The third-order valence-electron chi connectivity index (χ3n) is 5.06. The van der Waals surface area contributed by atoms with E-state index in [9.17, 15) is 13.2 Å². The summed E-state index contributed by atoms with van der Waals surface area (Å²) < 4.78 is 43.4. The molecule has 0 radical (unpaired) electrons. The summed E-state index contributed by atoms with van der Waals surface area (Å²) in [5.41, 5.74) is 2.14. The first kappa shape index (κ1) is 21.2. The number of hydrogen-bond donors (Lipinski definition) is 2. The highest BCUT2D eigenvalue weighted by Gasteiger charge is 2.26. The third-order valence-corrected chi connectivity index (χ3v) is 6.98. The molecule has 0 aliphatic carbocycles. The van der Waals surface area contributed by atoms with E-state index in [2.05, 4.69) is 5.32 Å². The standard InChI is InChI=1S/C21H22N2O7S/c1-28-19-12-15(10-16-11-17(30-20(16)19)13-22-21(24)25)14-2-4-18(5-3-14)31(26,27)23-6-8-29-9-7-23/h2-5,10-12,22H,6-9,13H2,1H3,(H,24,25). The minimum Gasteiger partial charge on any atom is -0.493 e. The van der Waals surface area contributed by atoms with Gasteiger partial charge in [0, 0.05) is 18.5 Å². The summed E-state index contributed by atoms with van der Waals surface area (Å²) >= 11 is 0. The van der Waals surface area contributed by atoms with E-state index in [1.54, 1.807) is 36.4 Å². The van der Waals surface area contributed by atoms with Gasteiger partial charge in [-0.05, 0) is 41.5 Å². The van der Waals surface area contributed by atoms with E-state index in [4.69, 9.17) is 19.0 Å². The van der Waals surface area contributed by atoms with Crippen LogP contribution < -0.4 is 10.1 Å². The van der Waals surface area contributed by atoms with Crippen LogP contribution in [0.15, 0.2) is 51.8 Å². The molecule has 164 valence electrons. The van der Waals surface area contributed by atoms with E-state index in [0.717, 1.165) is 16.5 Å². The molecule has 2 aromatic carbocycles. The second-order valence-electron chi connectivity index (χ2n) is 7.01. The molecule has 1 aliphatic rings. The summed E-state index contributed by atoms with van der Waals surface area (Å²) in [6, 6.07) is 12.1. The van der Waals surface area contributed by atoms with Crippen LogP contribution >= 0.6 is 0 Å². The summed E-state index contributed by atoms with van der Waals surface area (Å²) in [6.45, 7) is 1.52. The highest BCUT2D eigenvalue weighted by Crippen LogP contribution is 2.35. The van der Waals surface area contributed by atoms with Crippen LogP contribution in [0.3, 0.4) is 0 Å². The van der Waals surface area contributed by atoms with E-state index >= 15 is 0 Å². The van der Waals surface area contributed by atoms with Gasteiger partial charge < -0.3 is 24.3 Å². The van der Waals surface area contributed by atoms with Gasteiger partial charge in [-0.25, -0.2) is 13.2 Å². The molecule has 0 atom stereocenters. The number of furan rings is 1. The van der Waals surface area contributed by atoms with Gasteiger partial charge in [0.15, 0.2) is 11.3 Å². The van der Waals surface area contributed by atoms with E-state index in [1.165, 1.54) is 11.4 Å². The van der Waals surface area contributed by atoms with Gasteiger partial charge in [-0.3, -0.25) is 0 Å². The van der Waals surface area contributed by atoms with Crippen molar-refractivity contribution in [3.8, 4) is 16.9 Å². The fourth-order valence-corrected chi connectivity index (χ4v) is 4.91. The van der Waals surface area contributed by atoms with Crippen molar-refractivity contribution in [3.05, 3.63) is 48.2 Å². The Morgan fingerprint density at radius 1 is 1.13 bits per heavy atom. The topological polar surface area (TPSA) is 118 Å². The van der Waals surface area contributed by atoms with E-state index in [0.29, 0.717) is 43.4 Å². The number of methoxy groups -OCH3 is 1. The molecule has 1 saturated heterocycles. The Kier molecular flexibility index (Phi) is 5.86. The number of morpholine rings is 1. The number of nitrogens with one attached hydrogen (secondary N) is 1. The van der Waals surface area contributed by atoms with Crippen LogP contribution in [0.25, 0.3) is 22.1 Å². The largest absolute Gasteiger partial charge is 0.493 e. The fraction of sp³-hybridized carbons (Fsp3) is 0.286. The van der Waals surface area contributed by atoms with Crippen molar-refractivity contribution in [2.75, 3.05) is 33.4 Å². The molecule has 2 N–H and O–H groups in total. The van der Waals surface area contributed by atoms with Gasteiger partial charge in [0.05, 0.1) is 31.8 Å². The van der Waals surface area contributed by atoms with Crippen LogP contribution in [0.1, 0.15) is 5.76 Å². The Balaban J connectivity index is 1.64. The SMILES string of the molecule is COc1cc(-c2ccc(S(=O)(=O)N3CCOCC3)cc2)cc2cc(CNC(=O)O)oc12. The third kappa shape index (κ3) is 4.36. The summed E-state index contributed by atoms with van der Waals surface area (Å²) in [6.07, 6.45) is -1.14. The molecule has 0 unspecified atom stereocenters. The highest BCUT2D eigenvalue weighted by molar-refractivity contribution is 7.89. The minimum absolute atomic E-state index is 0.0383. The van der Waals surface area contributed by atoms with Crippen molar-refractivity contribution in [1.29, 1.82) is 0 Å². The molecule has 31 heavy (non-hydrogen) atoms. The van der Waals surface area contributed by atoms with Crippen molar-refractivity contribution < 1.29 is 32.2 Å². The predicted octanol–water partition coefficient (Wildman–Crippen LogP) is 2.90. The zero-order chi connectivity index (χ0) is 22.0. The lowest BCUT2D eigenvalue weighted by molar-refractivity contribution is 0.0730. The molecular weight excluding hydrogens is 424 g/mol. The Hall–Kier alpha value is -3.08. The number of rotatable bonds is 6. The quantitative estimate of drug-likeness (QED) is 0.598. The van der Waals surface area contributed by atoms with Crippen molar-refractivity contribution in [2.24, 2.45) is 0 Å². The zero-order valence-electron chi connectivity index (χ0n) is 16.8. The van der Waals surface area contributed by atoms with Crippen LogP contribution in [0.5, 0.6) is 5.75 Å². The Morgan fingerprint density at radius 2 is 1.84 bits per heavy atom. The lowest BCUT2D eigenvalue weighted by atomic mass is 10.0. The average Bonchev–Trinajstić information content (AvgIpc) is 3.21. The van der Waals surface area contributed by atoms with Crippen molar-refractivity contribution in [3.63, 3.8) is 0 Å². The molecule has 3 aromatic rings. The number of carbonyl (C=O) groups is 1. The smallest absolute Gasteiger partial charge is 0.405 e. The van der Waals surface area contributed by atoms with Crippen LogP contribution in [-0.4, -0.2) is 57.3 Å². The molecule has 10 heteroatoms. The molecule has 0 bridgehead atoms. The predicted molar refractivity (Wildman–Crippen MR) is 113 cm³/mol. The first-order valence-corrected chi connectivity index (χ1v) is 11.1. The number of sulfonamides is 1. The maximum Gasteiger partial charge on any atom is 0.405 e. The zero-order valence-corrected chi connectivity index (χ0v) is 17.6. The molecule has 4 rings (SSSR count). The van der Waals surface area contributed by atoms with Crippen LogP contribution in [0.2, 0.25) is 0 Å². The van der Waals surface area contributed by atoms with E-state index < -0.39 is 16.1 Å². The first-order valence-electron chi connectivity index (χ1n) is 9.64. The molecule has 1 amide bonds. The highest BCUT2D eigenvalue weighted by atomic mass is 32.2. The Bertz CT molecular complexity index is 1200. The summed E-state index contributed by atoms with van der Waals surface area (Å²) in [5.74, 6) is 0.957. The number of amides is 1. The second kappa shape index (κ2) is 8.58. The molecule has 2 heterocycles. The molecule has 1 aromatic heterocycles. The summed E-state index contributed by atoms with van der Waals surface area (Å²) in [7, 11) is -2.04. The minimum atomic E-state index is -3.56. The van der Waals surface area contributed by atoms with Gasteiger partial charge >= 0.3 is 6.09 Å². The maximum absolute atomic E-state index is 12.8. The number of carboxylic acid groups (broad SMARTS) is 1. The van der Waals surface area contributed by atoms with Crippen LogP contribution in [-0.2, 0) is 21.3 Å². The number of nitrogens with zero attached hydrogens (tertiary/aromatic N) is 1. The molecule has 0 spiro atoms. The Labute approximate surface area is 179 Å². The number of hydrogen-bond acceptors (Lipinski definition) is 6. The van der Waals surface area contributed by atoms with Crippen molar-refractivity contribution >= 4 is 27.1 Å². The van der Waals surface area contributed by atoms with Crippen molar-refractivity contribution in [2.45, 2.75) is 11.4 Å². The van der Waals surface area contributed by atoms with E-state index in [-0.39, 0.29) is 11.4 Å². The van der Waals surface area contributed by atoms with E-state index in [1.807, 2.05) is 6.07 Å². The lowest BCUT2D eigenvalue weighted by Crippen LogP contribution is -2.40. The maximum atomic E-state index is 12.8. The molecule has 9 nitrogen and oxygen atoms in total. The normalized spacial score (nSPS) is 15.1. The van der Waals surface area contributed by atoms with Crippen molar-refractivity contribution in [1.82, 2.24) is 9.62 Å². The van der Waals surface area contributed by atoms with Gasteiger partial charge in [-0.2, -0.15) is 4.31 Å². The van der Waals surface area contributed by atoms with Gasteiger partial charge in [0.25, 0.3) is 0 Å². The number of benzene rings is 2. The summed E-state index contributed by atoms with van der Waals surface area (Å²) in [4.78, 5) is 11.0. The average molecular weight is 446 g/mol. The number of ether oxygens (including phenoxy) is 2. The molecular formula is C21H22N2O7S. The van der Waals surface area contributed by atoms with Gasteiger partial charge in [0.2, 0.25) is 10.0 Å². The Morgan fingerprint density at radius 3 is 2.48 bits per heavy atom. The molecule has 0 saturated carbocycles. The summed E-state index contributed by atoms with van der Waals surface area (Å²) in [5, 5.41) is 11.8. The van der Waals surface area contributed by atoms with Gasteiger partial charge in [-0.15, -0.1) is 0 Å². The van der Waals surface area contributed by atoms with Gasteiger partial charge in [-0.1, -0.05) is 12.1 Å². The van der Waals surface area contributed by atoms with Crippen LogP contribution in [0.4, 0.5) is 4.79 Å². The second-order valence-corrected chi connectivity index (χ2v) is 8.95. The fourth-order valence-electron chi connectivity index (χ4n) is 3.50. The first-order chi connectivity index (χ1) is 14.9.